The molecule has 1 saturated carbocycles. The van der Waals surface area contributed by atoms with Crippen LogP contribution in [0.1, 0.15) is 29.1 Å². The van der Waals surface area contributed by atoms with Crippen LogP contribution in [-0.2, 0) is 6.61 Å². The maximum atomic E-state index is 12.3. The van der Waals surface area contributed by atoms with E-state index in [1.165, 1.54) is 10.9 Å². The molecule has 136 valence electrons. The quantitative estimate of drug-likeness (QED) is 0.680. The second-order valence-corrected chi connectivity index (χ2v) is 6.33. The van der Waals surface area contributed by atoms with Gasteiger partial charge in [0, 0.05) is 29.6 Å². The van der Waals surface area contributed by atoms with Gasteiger partial charge < -0.3 is 14.9 Å². The number of amides is 1. The van der Waals surface area contributed by atoms with Gasteiger partial charge in [0.2, 0.25) is 5.76 Å². The Morgan fingerprint density at radius 2 is 2.15 bits per heavy atom. The van der Waals surface area contributed by atoms with E-state index in [0.717, 1.165) is 18.4 Å². The Kier molecular flexibility index (Phi) is 4.68. The van der Waals surface area contributed by atoms with Crippen LogP contribution < -0.4 is 5.32 Å². The number of rotatable bonds is 4. The lowest BCUT2D eigenvalue weighted by Gasteiger charge is -2.31. The largest absolute Gasteiger partial charge is 0.390 e. The van der Waals surface area contributed by atoms with Gasteiger partial charge in [-0.15, -0.1) is 5.10 Å². The number of aliphatic hydroxyl groups excluding tert-OH is 1. The molecule has 1 aromatic carbocycles. The lowest BCUT2D eigenvalue weighted by molar-refractivity contribution is 0.0867. The van der Waals surface area contributed by atoms with Crippen molar-refractivity contribution >= 4 is 5.91 Å². The number of hydrogen-bond acceptors (Lipinski definition) is 6. The van der Waals surface area contributed by atoms with Gasteiger partial charge in [-0.3, -0.25) is 4.79 Å². The normalized spacial score (nSPS) is 18.3. The monoisotopic (exact) mass is 363 g/mol. The van der Waals surface area contributed by atoms with E-state index in [-0.39, 0.29) is 30.2 Å². The highest BCUT2D eigenvalue weighted by Crippen LogP contribution is 2.27. The third-order valence-corrected chi connectivity index (χ3v) is 4.43. The molecular weight excluding hydrogens is 346 g/mol. The van der Waals surface area contributed by atoms with Gasteiger partial charge in [-0.05, 0) is 12.8 Å². The van der Waals surface area contributed by atoms with E-state index in [1.54, 1.807) is 6.07 Å². The van der Waals surface area contributed by atoms with Crippen molar-refractivity contribution in [1.82, 2.24) is 25.5 Å². The van der Waals surface area contributed by atoms with Gasteiger partial charge in [0.15, 0.2) is 0 Å². The highest BCUT2D eigenvalue weighted by Gasteiger charge is 2.30. The minimum Gasteiger partial charge on any atom is -0.390 e. The molecule has 2 N–H and O–H groups in total. The summed E-state index contributed by atoms with van der Waals surface area (Å²) in [7, 11) is 0. The van der Waals surface area contributed by atoms with Crippen molar-refractivity contribution in [3.05, 3.63) is 54.0 Å². The predicted molar refractivity (Wildman–Crippen MR) is 95.0 cm³/mol. The minimum atomic E-state index is -0.278. The first-order valence-electron chi connectivity index (χ1n) is 8.58. The summed E-state index contributed by atoms with van der Waals surface area (Å²) in [5.41, 5.74) is 2.08. The summed E-state index contributed by atoms with van der Waals surface area (Å²) in [5.74, 6) is 3.16. The predicted octanol–water partition coefficient (Wildman–Crippen LogP) is 1.44. The average Bonchev–Trinajstić information content (AvgIpc) is 3.33. The van der Waals surface area contributed by atoms with Crippen molar-refractivity contribution in [2.45, 2.75) is 25.5 Å². The molecule has 0 atom stereocenters. The molecule has 1 aliphatic carbocycles. The molecule has 0 radical (unpaired) electrons. The SMILES string of the molecule is O=C(NC1CC(C#Cn2nncc2CO)C1)c1cc(-c2ccccc2)no1. The third kappa shape index (κ3) is 3.73. The summed E-state index contributed by atoms with van der Waals surface area (Å²) in [6.45, 7) is -0.160. The van der Waals surface area contributed by atoms with Crippen LogP contribution in [0.25, 0.3) is 11.3 Å². The number of carbonyl (C=O) groups excluding carboxylic acids is 1. The first-order valence-corrected chi connectivity index (χ1v) is 8.58. The molecule has 0 saturated heterocycles. The molecule has 1 aliphatic rings. The van der Waals surface area contributed by atoms with Crippen LogP contribution in [0.2, 0.25) is 0 Å². The molecule has 0 spiro atoms. The van der Waals surface area contributed by atoms with Gasteiger partial charge in [0.25, 0.3) is 5.91 Å². The summed E-state index contributed by atoms with van der Waals surface area (Å²) in [6.07, 6.45) is 2.97. The Morgan fingerprint density at radius 3 is 2.93 bits per heavy atom. The van der Waals surface area contributed by atoms with Gasteiger partial charge >= 0.3 is 0 Å². The molecule has 3 aromatic rings. The van der Waals surface area contributed by atoms with E-state index in [4.69, 9.17) is 9.63 Å². The number of nitrogens with zero attached hydrogens (tertiary/aromatic N) is 4. The lowest BCUT2D eigenvalue weighted by atomic mass is 9.81. The summed E-state index contributed by atoms with van der Waals surface area (Å²) in [6, 6.07) is 14.1. The molecule has 4 rings (SSSR count). The Balaban J connectivity index is 1.30. The molecule has 0 aliphatic heterocycles. The van der Waals surface area contributed by atoms with Crippen LogP contribution in [0.15, 0.2) is 47.1 Å². The van der Waals surface area contributed by atoms with Crippen LogP contribution in [-0.4, -0.2) is 37.2 Å². The second kappa shape index (κ2) is 7.43. The van der Waals surface area contributed by atoms with Crippen molar-refractivity contribution in [3.8, 4) is 23.2 Å². The van der Waals surface area contributed by atoms with E-state index >= 15 is 0 Å². The zero-order valence-corrected chi connectivity index (χ0v) is 14.4. The fraction of sp³-hybridized carbons (Fsp3) is 0.263. The molecule has 2 heterocycles. The van der Waals surface area contributed by atoms with Gasteiger partial charge in [0.05, 0.1) is 18.5 Å². The lowest BCUT2D eigenvalue weighted by Crippen LogP contribution is -2.43. The summed E-state index contributed by atoms with van der Waals surface area (Å²) in [4.78, 5) is 12.3. The van der Waals surface area contributed by atoms with Crippen LogP contribution in [0.5, 0.6) is 0 Å². The van der Waals surface area contributed by atoms with Gasteiger partial charge in [-0.1, -0.05) is 46.6 Å². The fourth-order valence-corrected chi connectivity index (χ4v) is 2.85. The number of carbonyl (C=O) groups is 1. The smallest absolute Gasteiger partial charge is 0.290 e. The van der Waals surface area contributed by atoms with Crippen LogP contribution in [0, 0.1) is 17.9 Å². The maximum absolute atomic E-state index is 12.3. The van der Waals surface area contributed by atoms with E-state index in [2.05, 4.69) is 32.8 Å². The summed E-state index contributed by atoms with van der Waals surface area (Å²) < 4.78 is 6.53. The number of benzene rings is 1. The minimum absolute atomic E-state index is 0.0510. The van der Waals surface area contributed by atoms with Crippen LogP contribution in [0.3, 0.4) is 0 Å². The summed E-state index contributed by atoms with van der Waals surface area (Å²) >= 11 is 0. The van der Waals surface area contributed by atoms with Crippen molar-refractivity contribution < 1.29 is 14.4 Å². The van der Waals surface area contributed by atoms with E-state index < -0.39 is 0 Å². The molecule has 0 bridgehead atoms. The van der Waals surface area contributed by atoms with E-state index in [1.807, 2.05) is 30.3 Å². The van der Waals surface area contributed by atoms with Crippen molar-refractivity contribution in [2.24, 2.45) is 5.92 Å². The van der Waals surface area contributed by atoms with Crippen molar-refractivity contribution in [2.75, 3.05) is 0 Å². The first-order chi connectivity index (χ1) is 13.2. The molecule has 0 unspecified atom stereocenters. The average molecular weight is 363 g/mol. The Labute approximate surface area is 155 Å². The summed E-state index contributed by atoms with van der Waals surface area (Å²) in [5, 5.41) is 23.5. The Bertz CT molecular complexity index is 993. The molecule has 8 nitrogen and oxygen atoms in total. The first kappa shape index (κ1) is 17.0. The Morgan fingerprint density at radius 1 is 1.33 bits per heavy atom. The molecular formula is C19H17N5O3. The standard InChI is InChI=1S/C19H17N5O3/c25-12-16-11-20-23-24(16)7-6-13-8-15(9-13)21-19(26)18-10-17(22-27-18)14-4-2-1-3-5-14/h1-5,10-11,13,15,25H,8-9,12H2,(H,21,26). The van der Waals surface area contributed by atoms with Gasteiger partial charge in [-0.25, -0.2) is 0 Å². The van der Waals surface area contributed by atoms with E-state index in [0.29, 0.717) is 11.4 Å². The third-order valence-electron chi connectivity index (χ3n) is 4.43. The number of nitrogens with one attached hydrogen (secondary N) is 1. The molecule has 1 amide bonds. The number of aliphatic hydroxyl groups is 1. The number of hydrogen-bond donors (Lipinski definition) is 2. The van der Waals surface area contributed by atoms with Crippen molar-refractivity contribution in [1.29, 1.82) is 0 Å². The Hall–Kier alpha value is -3.44. The number of aromatic nitrogens is 4. The van der Waals surface area contributed by atoms with Crippen molar-refractivity contribution in [3.63, 3.8) is 0 Å². The molecule has 27 heavy (non-hydrogen) atoms. The van der Waals surface area contributed by atoms with Gasteiger partial charge in [-0.2, -0.15) is 4.68 Å². The molecule has 1 fully saturated rings. The topological polar surface area (TPSA) is 106 Å². The van der Waals surface area contributed by atoms with Crippen LogP contribution in [0.4, 0.5) is 0 Å². The van der Waals surface area contributed by atoms with Crippen LogP contribution >= 0.6 is 0 Å². The highest BCUT2D eigenvalue weighted by atomic mass is 16.5. The zero-order valence-electron chi connectivity index (χ0n) is 14.4. The molecule has 8 heteroatoms. The fourth-order valence-electron chi connectivity index (χ4n) is 2.85. The zero-order chi connectivity index (χ0) is 18.6. The second-order valence-electron chi connectivity index (χ2n) is 6.33. The molecule has 2 aromatic heterocycles. The van der Waals surface area contributed by atoms with E-state index in [9.17, 15) is 4.79 Å². The maximum Gasteiger partial charge on any atom is 0.290 e. The highest BCUT2D eigenvalue weighted by molar-refractivity contribution is 5.92. The van der Waals surface area contributed by atoms with Gasteiger partial charge in [0.1, 0.15) is 5.69 Å².